The molecule has 0 aliphatic carbocycles. The number of hydrogen-bond donors (Lipinski definition) is 1. The van der Waals surface area contributed by atoms with Gasteiger partial charge in [0.15, 0.2) is 0 Å². The van der Waals surface area contributed by atoms with Crippen molar-refractivity contribution in [2.75, 3.05) is 6.61 Å². The Bertz CT molecular complexity index is 379. The Morgan fingerprint density at radius 3 is 2.75 bits per heavy atom. The number of nitrogens with two attached hydrogens (primary N) is 1. The highest BCUT2D eigenvalue weighted by atomic mass is 35.5. The van der Waals surface area contributed by atoms with Crippen LogP contribution < -0.4 is 10.5 Å². The molecule has 4 heteroatoms. The topological polar surface area (TPSA) is 35.2 Å². The molecular formula is C12H16ClNOS. The third kappa shape index (κ3) is 3.99. The molecule has 0 unspecified atom stereocenters. The lowest BCUT2D eigenvalue weighted by molar-refractivity contribution is 0.289. The summed E-state index contributed by atoms with van der Waals surface area (Å²) in [5.74, 6) is 1.32. The summed E-state index contributed by atoms with van der Waals surface area (Å²) in [6.07, 6.45) is 0.999. The van der Waals surface area contributed by atoms with Crippen molar-refractivity contribution in [3.05, 3.63) is 28.8 Å². The van der Waals surface area contributed by atoms with Crippen molar-refractivity contribution >= 4 is 28.8 Å². The van der Waals surface area contributed by atoms with Gasteiger partial charge in [0.1, 0.15) is 10.7 Å². The number of thiocarbonyl (C=S) groups is 1. The van der Waals surface area contributed by atoms with E-state index < -0.39 is 0 Å². The highest BCUT2D eigenvalue weighted by Crippen LogP contribution is 2.23. The van der Waals surface area contributed by atoms with Gasteiger partial charge < -0.3 is 10.5 Å². The minimum absolute atomic E-state index is 0.307. The lowest BCUT2D eigenvalue weighted by Crippen LogP contribution is -2.12. The molecule has 16 heavy (non-hydrogen) atoms. The van der Waals surface area contributed by atoms with Crippen LogP contribution in [0.1, 0.15) is 25.8 Å². The Hall–Kier alpha value is -0.800. The van der Waals surface area contributed by atoms with Gasteiger partial charge in [0.25, 0.3) is 0 Å². The normalized spacial score (nSPS) is 10.5. The first-order chi connectivity index (χ1) is 7.50. The van der Waals surface area contributed by atoms with Crippen LogP contribution in [0.4, 0.5) is 0 Å². The number of ether oxygens (including phenoxy) is 1. The van der Waals surface area contributed by atoms with E-state index in [1.165, 1.54) is 0 Å². The summed E-state index contributed by atoms with van der Waals surface area (Å²) in [5, 5.41) is 0.610. The molecule has 0 bridgehead atoms. The molecule has 1 aromatic rings. The molecule has 0 amide bonds. The Kier molecular flexibility index (Phi) is 5.03. The first-order valence-corrected chi connectivity index (χ1v) is 6.01. The molecule has 0 fully saturated rings. The maximum absolute atomic E-state index is 5.87. The Balaban J connectivity index is 2.75. The van der Waals surface area contributed by atoms with Gasteiger partial charge in [0.2, 0.25) is 0 Å². The predicted molar refractivity (Wildman–Crippen MR) is 72.3 cm³/mol. The maximum Gasteiger partial charge on any atom is 0.129 e. The Morgan fingerprint density at radius 1 is 1.50 bits per heavy atom. The summed E-state index contributed by atoms with van der Waals surface area (Å²) in [4.78, 5) is 0.307. The van der Waals surface area contributed by atoms with Gasteiger partial charge in [-0.3, -0.25) is 0 Å². The van der Waals surface area contributed by atoms with Crippen molar-refractivity contribution in [3.63, 3.8) is 0 Å². The predicted octanol–water partition coefficient (Wildman–Crippen LogP) is 3.40. The van der Waals surface area contributed by atoms with Crippen LogP contribution in [-0.2, 0) is 0 Å². The highest BCUT2D eigenvalue weighted by Gasteiger charge is 2.07. The molecule has 1 aromatic carbocycles. The zero-order chi connectivity index (χ0) is 12.1. The molecule has 1 rings (SSSR count). The maximum atomic E-state index is 5.87. The van der Waals surface area contributed by atoms with E-state index in [1.54, 1.807) is 18.2 Å². The van der Waals surface area contributed by atoms with Crippen molar-refractivity contribution < 1.29 is 4.74 Å². The first-order valence-electron chi connectivity index (χ1n) is 5.23. The highest BCUT2D eigenvalue weighted by molar-refractivity contribution is 7.80. The molecular weight excluding hydrogens is 242 g/mol. The molecule has 2 N–H and O–H groups in total. The third-order valence-electron chi connectivity index (χ3n) is 2.16. The molecule has 2 nitrogen and oxygen atoms in total. The van der Waals surface area contributed by atoms with Gasteiger partial charge in [-0.25, -0.2) is 0 Å². The second-order valence-electron chi connectivity index (χ2n) is 4.04. The van der Waals surface area contributed by atoms with Crippen LogP contribution >= 0.6 is 23.8 Å². The first kappa shape index (κ1) is 13.3. The van der Waals surface area contributed by atoms with Crippen molar-refractivity contribution in [1.82, 2.24) is 0 Å². The van der Waals surface area contributed by atoms with Crippen molar-refractivity contribution in [2.24, 2.45) is 11.7 Å². The lowest BCUT2D eigenvalue weighted by Gasteiger charge is -2.12. The molecule has 0 saturated heterocycles. The Labute approximate surface area is 107 Å². The number of rotatable bonds is 5. The zero-order valence-corrected chi connectivity index (χ0v) is 11.1. The largest absolute Gasteiger partial charge is 0.493 e. The van der Waals surface area contributed by atoms with Crippen LogP contribution in [0.5, 0.6) is 5.75 Å². The number of benzene rings is 1. The smallest absolute Gasteiger partial charge is 0.129 e. The fraction of sp³-hybridized carbons (Fsp3) is 0.417. The standard InChI is InChI=1S/C12H16ClNOS/c1-8(2)5-6-15-11-4-3-9(13)7-10(11)12(14)16/h3-4,7-8H,5-6H2,1-2H3,(H2,14,16). The van der Waals surface area contributed by atoms with E-state index in [2.05, 4.69) is 13.8 Å². The van der Waals surface area contributed by atoms with E-state index in [1.807, 2.05) is 0 Å². The van der Waals surface area contributed by atoms with Crippen LogP contribution in [0.15, 0.2) is 18.2 Å². The van der Waals surface area contributed by atoms with E-state index in [-0.39, 0.29) is 0 Å². The van der Waals surface area contributed by atoms with Gasteiger partial charge in [0.05, 0.1) is 12.2 Å². The van der Waals surface area contributed by atoms with Crippen LogP contribution in [0.3, 0.4) is 0 Å². The summed E-state index contributed by atoms with van der Waals surface area (Å²) in [5.41, 5.74) is 6.31. The minimum atomic E-state index is 0.307. The lowest BCUT2D eigenvalue weighted by atomic mass is 10.1. The second kappa shape index (κ2) is 6.06. The fourth-order valence-electron chi connectivity index (χ4n) is 1.23. The van der Waals surface area contributed by atoms with E-state index in [9.17, 15) is 0 Å². The van der Waals surface area contributed by atoms with Crippen LogP contribution in [-0.4, -0.2) is 11.6 Å². The quantitative estimate of drug-likeness (QED) is 0.822. The van der Waals surface area contributed by atoms with Gasteiger partial charge in [-0.1, -0.05) is 37.7 Å². The average molecular weight is 258 g/mol. The second-order valence-corrected chi connectivity index (χ2v) is 4.91. The van der Waals surface area contributed by atoms with Crippen molar-refractivity contribution in [3.8, 4) is 5.75 Å². The fourth-order valence-corrected chi connectivity index (χ4v) is 1.56. The monoisotopic (exact) mass is 257 g/mol. The van der Waals surface area contributed by atoms with E-state index in [0.717, 1.165) is 6.42 Å². The van der Waals surface area contributed by atoms with Crippen molar-refractivity contribution in [1.29, 1.82) is 0 Å². The zero-order valence-electron chi connectivity index (χ0n) is 9.50. The molecule has 0 radical (unpaired) electrons. The van der Waals surface area contributed by atoms with Crippen LogP contribution in [0.25, 0.3) is 0 Å². The van der Waals surface area contributed by atoms with Crippen LogP contribution in [0, 0.1) is 5.92 Å². The van der Waals surface area contributed by atoms with Gasteiger partial charge in [-0.2, -0.15) is 0 Å². The van der Waals surface area contributed by atoms with Gasteiger partial charge >= 0.3 is 0 Å². The molecule has 88 valence electrons. The summed E-state index contributed by atoms with van der Waals surface area (Å²) in [7, 11) is 0. The minimum Gasteiger partial charge on any atom is -0.493 e. The van der Waals surface area contributed by atoms with E-state index in [0.29, 0.717) is 33.8 Å². The number of hydrogen-bond acceptors (Lipinski definition) is 2. The van der Waals surface area contributed by atoms with Gasteiger partial charge in [0, 0.05) is 5.02 Å². The number of halogens is 1. The van der Waals surface area contributed by atoms with E-state index in [4.69, 9.17) is 34.3 Å². The summed E-state index contributed by atoms with van der Waals surface area (Å²) in [6, 6.07) is 5.31. The SMILES string of the molecule is CC(C)CCOc1ccc(Cl)cc1C(N)=S. The van der Waals surface area contributed by atoms with Crippen molar-refractivity contribution in [2.45, 2.75) is 20.3 Å². The average Bonchev–Trinajstić information content (AvgIpc) is 2.19. The van der Waals surface area contributed by atoms with Gasteiger partial charge in [-0.05, 0) is 30.5 Å². The summed E-state index contributed by atoms with van der Waals surface area (Å²) in [6.45, 7) is 4.97. The molecule has 0 aliphatic heterocycles. The summed E-state index contributed by atoms with van der Waals surface area (Å²) >= 11 is 10.8. The molecule has 0 saturated carbocycles. The molecule has 0 heterocycles. The molecule has 0 atom stereocenters. The molecule has 0 aliphatic rings. The van der Waals surface area contributed by atoms with Crippen LogP contribution in [0.2, 0.25) is 5.02 Å². The van der Waals surface area contributed by atoms with E-state index >= 15 is 0 Å². The Morgan fingerprint density at radius 2 is 2.19 bits per heavy atom. The van der Waals surface area contributed by atoms with Gasteiger partial charge in [-0.15, -0.1) is 0 Å². The molecule has 0 aromatic heterocycles. The third-order valence-corrected chi connectivity index (χ3v) is 2.61. The summed E-state index contributed by atoms with van der Waals surface area (Å²) < 4.78 is 5.64. The molecule has 0 spiro atoms.